The fourth-order valence-electron chi connectivity index (χ4n) is 1.38. The van der Waals surface area contributed by atoms with Crippen LogP contribution in [0.5, 0.6) is 0 Å². The van der Waals surface area contributed by atoms with Gasteiger partial charge in [0.2, 0.25) is 0 Å². The van der Waals surface area contributed by atoms with Crippen molar-refractivity contribution in [3.63, 3.8) is 0 Å². The number of anilines is 1. The summed E-state index contributed by atoms with van der Waals surface area (Å²) >= 11 is 1.19. The van der Waals surface area contributed by atoms with Gasteiger partial charge in [-0.2, -0.15) is 9.64 Å². The lowest BCUT2D eigenvalue weighted by Crippen LogP contribution is -1.82. The van der Waals surface area contributed by atoms with Gasteiger partial charge in [-0.15, -0.1) is 10.2 Å². The molecule has 6 heteroatoms. The number of benzene rings is 1. The SMILES string of the molecule is CCc1nsc(N=Nc2ccc(N)cc2)c1C#N. The lowest BCUT2D eigenvalue weighted by molar-refractivity contribution is 1.07. The molecule has 5 nitrogen and oxygen atoms in total. The molecule has 0 aliphatic carbocycles. The number of hydrogen-bond acceptors (Lipinski definition) is 6. The topological polar surface area (TPSA) is 87.4 Å². The van der Waals surface area contributed by atoms with Crippen LogP contribution in [0, 0.1) is 11.3 Å². The summed E-state index contributed by atoms with van der Waals surface area (Å²) in [5.74, 6) is 0. The van der Waals surface area contributed by atoms with E-state index in [9.17, 15) is 0 Å². The van der Waals surface area contributed by atoms with Gasteiger partial charge in [0.15, 0.2) is 5.00 Å². The Morgan fingerprint density at radius 1 is 1.33 bits per heavy atom. The van der Waals surface area contributed by atoms with Crippen LogP contribution < -0.4 is 5.73 Å². The summed E-state index contributed by atoms with van der Waals surface area (Å²) in [7, 11) is 0. The molecule has 0 saturated carbocycles. The minimum atomic E-state index is 0.515. The van der Waals surface area contributed by atoms with Crippen molar-refractivity contribution in [2.24, 2.45) is 10.2 Å². The molecule has 0 radical (unpaired) electrons. The zero-order chi connectivity index (χ0) is 13.0. The highest BCUT2D eigenvalue weighted by atomic mass is 32.1. The van der Waals surface area contributed by atoms with E-state index in [-0.39, 0.29) is 0 Å². The fourth-order valence-corrected chi connectivity index (χ4v) is 2.13. The number of nitrogen functional groups attached to an aromatic ring is 1. The van der Waals surface area contributed by atoms with Gasteiger partial charge in [0.25, 0.3) is 0 Å². The molecule has 2 rings (SSSR count). The minimum absolute atomic E-state index is 0.515. The molecule has 0 amide bonds. The van der Waals surface area contributed by atoms with E-state index in [1.807, 2.05) is 6.92 Å². The summed E-state index contributed by atoms with van der Waals surface area (Å²) in [4.78, 5) is 0. The predicted molar refractivity (Wildman–Crippen MR) is 71.2 cm³/mol. The van der Waals surface area contributed by atoms with Crippen molar-refractivity contribution in [1.82, 2.24) is 4.37 Å². The third-order valence-corrected chi connectivity index (χ3v) is 3.11. The molecular formula is C12H11N5S. The van der Waals surface area contributed by atoms with Crippen molar-refractivity contribution in [2.75, 3.05) is 5.73 Å². The Balaban J connectivity index is 2.26. The van der Waals surface area contributed by atoms with E-state index >= 15 is 0 Å². The number of nitrogens with zero attached hydrogens (tertiary/aromatic N) is 4. The van der Waals surface area contributed by atoms with E-state index in [4.69, 9.17) is 11.0 Å². The van der Waals surface area contributed by atoms with E-state index < -0.39 is 0 Å². The summed E-state index contributed by atoms with van der Waals surface area (Å²) in [5.41, 5.74) is 8.24. The van der Waals surface area contributed by atoms with Crippen LogP contribution in [0.25, 0.3) is 0 Å². The normalized spacial score (nSPS) is 10.7. The van der Waals surface area contributed by atoms with Crippen LogP contribution in [0.15, 0.2) is 34.5 Å². The summed E-state index contributed by atoms with van der Waals surface area (Å²) in [6.45, 7) is 1.96. The highest BCUT2D eigenvalue weighted by Crippen LogP contribution is 2.29. The molecule has 0 atom stereocenters. The van der Waals surface area contributed by atoms with Crippen molar-refractivity contribution >= 4 is 27.9 Å². The van der Waals surface area contributed by atoms with E-state index in [1.54, 1.807) is 24.3 Å². The molecule has 90 valence electrons. The number of hydrogen-bond donors (Lipinski definition) is 1. The molecule has 0 saturated heterocycles. The highest BCUT2D eigenvalue weighted by molar-refractivity contribution is 7.10. The first-order chi connectivity index (χ1) is 8.74. The molecule has 1 aromatic heterocycles. The molecular weight excluding hydrogens is 246 g/mol. The van der Waals surface area contributed by atoms with Crippen LogP contribution >= 0.6 is 11.5 Å². The van der Waals surface area contributed by atoms with Crippen molar-refractivity contribution in [2.45, 2.75) is 13.3 Å². The number of nitrogens with two attached hydrogens (primary N) is 1. The Morgan fingerprint density at radius 2 is 2.06 bits per heavy atom. The van der Waals surface area contributed by atoms with Crippen LogP contribution in [0.4, 0.5) is 16.4 Å². The van der Waals surface area contributed by atoms with Crippen LogP contribution in [0.1, 0.15) is 18.2 Å². The zero-order valence-electron chi connectivity index (χ0n) is 9.79. The highest BCUT2D eigenvalue weighted by Gasteiger charge is 2.11. The van der Waals surface area contributed by atoms with Crippen molar-refractivity contribution < 1.29 is 0 Å². The van der Waals surface area contributed by atoms with E-state index in [0.717, 1.165) is 12.1 Å². The molecule has 0 fully saturated rings. The molecule has 2 aromatic rings. The van der Waals surface area contributed by atoms with Crippen molar-refractivity contribution in [3.8, 4) is 6.07 Å². The Kier molecular flexibility index (Phi) is 3.65. The molecule has 0 aliphatic heterocycles. The van der Waals surface area contributed by atoms with Gasteiger partial charge in [0.1, 0.15) is 11.6 Å². The van der Waals surface area contributed by atoms with Gasteiger partial charge in [0, 0.05) is 5.69 Å². The van der Waals surface area contributed by atoms with Crippen LogP contribution in [-0.2, 0) is 6.42 Å². The maximum absolute atomic E-state index is 9.05. The summed E-state index contributed by atoms with van der Waals surface area (Å²) in [6, 6.07) is 9.16. The van der Waals surface area contributed by atoms with Crippen LogP contribution in [-0.4, -0.2) is 4.37 Å². The average molecular weight is 257 g/mol. The maximum atomic E-state index is 9.05. The molecule has 2 N–H and O–H groups in total. The minimum Gasteiger partial charge on any atom is -0.399 e. The third kappa shape index (κ3) is 2.52. The van der Waals surface area contributed by atoms with Gasteiger partial charge in [-0.3, -0.25) is 0 Å². The van der Waals surface area contributed by atoms with Gasteiger partial charge >= 0.3 is 0 Å². The molecule has 0 spiro atoms. The quantitative estimate of drug-likeness (QED) is 0.673. The number of rotatable bonds is 3. The third-order valence-electron chi connectivity index (χ3n) is 2.34. The molecule has 0 aliphatic rings. The Bertz CT molecular complexity index is 606. The van der Waals surface area contributed by atoms with Gasteiger partial charge < -0.3 is 5.73 Å². The maximum Gasteiger partial charge on any atom is 0.176 e. The summed E-state index contributed by atoms with van der Waals surface area (Å²) in [6.07, 6.45) is 0.719. The first-order valence-corrected chi connectivity index (χ1v) is 6.18. The molecule has 1 aromatic carbocycles. The average Bonchev–Trinajstić information content (AvgIpc) is 2.80. The molecule has 1 heterocycles. The molecule has 18 heavy (non-hydrogen) atoms. The van der Waals surface area contributed by atoms with Crippen molar-refractivity contribution in [3.05, 3.63) is 35.5 Å². The lowest BCUT2D eigenvalue weighted by atomic mass is 10.2. The number of nitriles is 1. The predicted octanol–water partition coefficient (Wildman–Crippen LogP) is 3.57. The second kappa shape index (κ2) is 5.38. The smallest absolute Gasteiger partial charge is 0.176 e. The second-order valence-electron chi connectivity index (χ2n) is 3.57. The molecule has 0 unspecified atom stereocenters. The van der Waals surface area contributed by atoms with E-state index in [0.29, 0.717) is 21.9 Å². The van der Waals surface area contributed by atoms with Gasteiger partial charge in [-0.05, 0) is 42.2 Å². The summed E-state index contributed by atoms with van der Waals surface area (Å²) in [5, 5.41) is 17.7. The van der Waals surface area contributed by atoms with Crippen molar-refractivity contribution in [1.29, 1.82) is 5.26 Å². The van der Waals surface area contributed by atoms with E-state index in [1.165, 1.54) is 11.5 Å². The Hall–Kier alpha value is -2.26. The summed E-state index contributed by atoms with van der Waals surface area (Å²) < 4.78 is 4.18. The van der Waals surface area contributed by atoms with E-state index in [2.05, 4.69) is 20.7 Å². The van der Waals surface area contributed by atoms with Crippen LogP contribution in [0.2, 0.25) is 0 Å². The first kappa shape index (κ1) is 12.2. The molecule has 0 bridgehead atoms. The van der Waals surface area contributed by atoms with Crippen LogP contribution in [0.3, 0.4) is 0 Å². The second-order valence-corrected chi connectivity index (χ2v) is 4.32. The Labute approximate surface area is 109 Å². The Morgan fingerprint density at radius 3 is 2.67 bits per heavy atom. The number of aromatic nitrogens is 1. The fraction of sp³-hybridized carbons (Fsp3) is 0.167. The zero-order valence-corrected chi connectivity index (χ0v) is 10.6. The number of azo groups is 1. The first-order valence-electron chi connectivity index (χ1n) is 5.40. The monoisotopic (exact) mass is 257 g/mol. The van der Waals surface area contributed by atoms with Gasteiger partial charge in [-0.25, -0.2) is 0 Å². The van der Waals surface area contributed by atoms with Gasteiger partial charge in [0.05, 0.1) is 11.4 Å². The largest absolute Gasteiger partial charge is 0.399 e. The number of aryl methyl sites for hydroxylation is 1. The lowest BCUT2D eigenvalue weighted by Gasteiger charge is -1.93. The van der Waals surface area contributed by atoms with Gasteiger partial charge in [-0.1, -0.05) is 6.92 Å². The standard InChI is InChI=1S/C12H11N5S/c1-2-11-10(7-13)12(18-17-11)16-15-9-5-3-8(14)4-6-9/h3-6H,2,14H2,1H3.